The molecule has 180 valence electrons. The van der Waals surface area contributed by atoms with Crippen molar-refractivity contribution in [2.24, 2.45) is 11.8 Å². The van der Waals surface area contributed by atoms with E-state index in [0.717, 1.165) is 25.9 Å². The van der Waals surface area contributed by atoms with Gasteiger partial charge in [-0.05, 0) is 37.3 Å². The van der Waals surface area contributed by atoms with Gasteiger partial charge in [-0.15, -0.1) is 0 Å². The van der Waals surface area contributed by atoms with Crippen LogP contribution in [0, 0.1) is 22.0 Å². The molecule has 0 N–H and O–H groups in total. The fraction of sp³-hybridized carbons (Fsp3) is 0.636. The number of nitro benzene ring substituents is 1. The maximum atomic E-state index is 13.0. The van der Waals surface area contributed by atoms with Crippen LogP contribution in [0.25, 0.3) is 0 Å². The first-order valence-corrected chi connectivity index (χ1v) is 13.3. The van der Waals surface area contributed by atoms with Crippen LogP contribution in [0.5, 0.6) is 0 Å². The molecule has 3 saturated heterocycles. The van der Waals surface area contributed by atoms with Gasteiger partial charge in [-0.1, -0.05) is 6.92 Å². The van der Waals surface area contributed by atoms with Gasteiger partial charge in [0.1, 0.15) is 5.69 Å². The predicted molar refractivity (Wildman–Crippen MR) is 123 cm³/mol. The number of benzene rings is 1. The number of hydrogen-bond donors (Lipinski definition) is 0. The number of piperidine rings is 1. The summed E-state index contributed by atoms with van der Waals surface area (Å²) < 4.78 is 23.3. The second kappa shape index (κ2) is 9.28. The molecule has 0 saturated carbocycles. The third-order valence-corrected chi connectivity index (χ3v) is 8.77. The number of carbonyl (C=O) groups is 2. The largest absolute Gasteiger partial charge is 0.366 e. The van der Waals surface area contributed by atoms with Gasteiger partial charge in [0.15, 0.2) is 9.84 Å². The van der Waals surface area contributed by atoms with Gasteiger partial charge >= 0.3 is 0 Å². The highest BCUT2D eigenvalue weighted by Crippen LogP contribution is 2.33. The SMILES string of the molecule is CC1CCN(c2ccc(C(=O)N3CCN(C(=O)C4CCS(=O)(=O)C4)CC3)cc2[N+](=O)[O-])CC1. The number of sulfone groups is 1. The van der Waals surface area contributed by atoms with Gasteiger partial charge in [-0.2, -0.15) is 0 Å². The van der Waals surface area contributed by atoms with Crippen LogP contribution < -0.4 is 4.90 Å². The lowest BCUT2D eigenvalue weighted by Gasteiger charge is -2.36. The second-order valence-corrected chi connectivity index (χ2v) is 11.6. The minimum absolute atomic E-state index is 0.0487. The maximum Gasteiger partial charge on any atom is 0.293 e. The van der Waals surface area contributed by atoms with E-state index in [4.69, 9.17) is 0 Å². The molecule has 4 rings (SSSR count). The molecule has 11 heteroatoms. The molecule has 1 aromatic carbocycles. The van der Waals surface area contributed by atoms with Crippen molar-refractivity contribution in [2.45, 2.75) is 26.2 Å². The monoisotopic (exact) mass is 478 g/mol. The molecule has 10 nitrogen and oxygen atoms in total. The van der Waals surface area contributed by atoms with Crippen LogP contribution in [0.3, 0.4) is 0 Å². The summed E-state index contributed by atoms with van der Waals surface area (Å²) in [6, 6.07) is 4.67. The van der Waals surface area contributed by atoms with E-state index in [1.165, 1.54) is 6.07 Å². The van der Waals surface area contributed by atoms with Crippen LogP contribution in [-0.4, -0.2) is 85.7 Å². The Morgan fingerprint density at radius 2 is 1.64 bits per heavy atom. The van der Waals surface area contributed by atoms with Crippen molar-refractivity contribution in [1.82, 2.24) is 9.80 Å². The fourth-order valence-electron chi connectivity index (χ4n) is 4.88. The Morgan fingerprint density at radius 1 is 1.00 bits per heavy atom. The molecule has 0 radical (unpaired) electrons. The molecular formula is C22H30N4O6S. The fourth-order valence-corrected chi connectivity index (χ4v) is 6.61. The van der Waals surface area contributed by atoms with Gasteiger partial charge < -0.3 is 14.7 Å². The minimum atomic E-state index is -3.14. The molecule has 0 aliphatic carbocycles. The Labute approximate surface area is 193 Å². The topological polar surface area (TPSA) is 121 Å². The van der Waals surface area contributed by atoms with E-state index >= 15 is 0 Å². The zero-order valence-corrected chi connectivity index (χ0v) is 19.6. The van der Waals surface area contributed by atoms with Gasteiger partial charge in [-0.3, -0.25) is 19.7 Å². The Kier molecular flexibility index (Phi) is 6.60. The lowest BCUT2D eigenvalue weighted by atomic mass is 9.98. The highest BCUT2D eigenvalue weighted by Gasteiger charge is 2.37. The Morgan fingerprint density at radius 3 is 2.21 bits per heavy atom. The number of rotatable bonds is 4. The van der Waals surface area contributed by atoms with Crippen LogP contribution in [0.1, 0.15) is 36.5 Å². The second-order valence-electron chi connectivity index (χ2n) is 9.35. The van der Waals surface area contributed by atoms with Crippen molar-refractivity contribution >= 4 is 33.0 Å². The van der Waals surface area contributed by atoms with Crippen molar-refractivity contribution in [2.75, 3.05) is 55.7 Å². The van der Waals surface area contributed by atoms with Crippen molar-refractivity contribution in [3.05, 3.63) is 33.9 Å². The molecule has 3 fully saturated rings. The van der Waals surface area contributed by atoms with Crippen molar-refractivity contribution in [3.63, 3.8) is 0 Å². The molecule has 3 heterocycles. The van der Waals surface area contributed by atoms with Crippen molar-refractivity contribution < 1.29 is 22.9 Å². The molecule has 3 aliphatic heterocycles. The average Bonchev–Trinajstić information content (AvgIpc) is 3.18. The molecule has 1 aromatic rings. The summed E-state index contributed by atoms with van der Waals surface area (Å²) in [5.74, 6) is -0.411. The van der Waals surface area contributed by atoms with Gasteiger partial charge in [0.25, 0.3) is 11.6 Å². The summed E-state index contributed by atoms with van der Waals surface area (Å²) in [5, 5.41) is 11.7. The van der Waals surface area contributed by atoms with E-state index in [1.807, 2.05) is 4.90 Å². The van der Waals surface area contributed by atoms with E-state index in [9.17, 15) is 28.1 Å². The van der Waals surface area contributed by atoms with E-state index in [-0.39, 0.29) is 34.6 Å². The lowest BCUT2D eigenvalue weighted by molar-refractivity contribution is -0.384. The summed E-state index contributed by atoms with van der Waals surface area (Å²) in [6.45, 7) is 4.96. The first-order valence-electron chi connectivity index (χ1n) is 11.5. The first-order chi connectivity index (χ1) is 15.6. The molecule has 1 unspecified atom stereocenters. The normalized spacial score (nSPS) is 23.5. The zero-order valence-electron chi connectivity index (χ0n) is 18.8. The smallest absolute Gasteiger partial charge is 0.293 e. The highest BCUT2D eigenvalue weighted by molar-refractivity contribution is 7.91. The molecule has 3 aliphatic rings. The molecule has 33 heavy (non-hydrogen) atoms. The van der Waals surface area contributed by atoms with Crippen LogP contribution >= 0.6 is 0 Å². The summed E-state index contributed by atoms with van der Waals surface area (Å²) in [7, 11) is -3.14. The van der Waals surface area contributed by atoms with Crippen molar-refractivity contribution in [1.29, 1.82) is 0 Å². The number of carbonyl (C=O) groups excluding carboxylic acids is 2. The molecule has 0 bridgehead atoms. The third kappa shape index (κ3) is 5.13. The molecular weight excluding hydrogens is 448 g/mol. The van der Waals surface area contributed by atoms with Gasteiger partial charge in [0.05, 0.1) is 22.3 Å². The summed E-state index contributed by atoms with van der Waals surface area (Å²) in [6.07, 6.45) is 2.31. The number of amides is 2. The van der Waals surface area contributed by atoms with E-state index in [2.05, 4.69) is 6.92 Å². The van der Waals surface area contributed by atoms with E-state index in [1.54, 1.807) is 21.9 Å². The number of piperazine rings is 1. The quantitative estimate of drug-likeness (QED) is 0.475. The third-order valence-electron chi connectivity index (χ3n) is 7.00. The lowest BCUT2D eigenvalue weighted by Crippen LogP contribution is -2.52. The van der Waals surface area contributed by atoms with Gasteiger partial charge in [-0.25, -0.2) is 8.42 Å². The van der Waals surface area contributed by atoms with Crippen LogP contribution in [0.2, 0.25) is 0 Å². The van der Waals surface area contributed by atoms with Crippen LogP contribution in [0.15, 0.2) is 18.2 Å². The van der Waals surface area contributed by atoms with E-state index in [0.29, 0.717) is 44.2 Å². The van der Waals surface area contributed by atoms with Crippen LogP contribution in [-0.2, 0) is 14.6 Å². The Balaban J connectivity index is 1.41. The number of hydrogen-bond acceptors (Lipinski definition) is 7. The van der Waals surface area contributed by atoms with Gasteiger partial charge in [0.2, 0.25) is 5.91 Å². The van der Waals surface area contributed by atoms with Crippen LogP contribution in [0.4, 0.5) is 11.4 Å². The summed E-state index contributed by atoms with van der Waals surface area (Å²) in [5.41, 5.74) is 0.745. The first kappa shape index (κ1) is 23.5. The minimum Gasteiger partial charge on any atom is -0.366 e. The number of nitrogens with zero attached hydrogens (tertiary/aromatic N) is 4. The van der Waals surface area contributed by atoms with Crippen molar-refractivity contribution in [3.8, 4) is 0 Å². The Hall–Kier alpha value is -2.69. The zero-order chi connectivity index (χ0) is 23.8. The Bertz CT molecular complexity index is 1040. The molecule has 2 amide bonds. The maximum absolute atomic E-state index is 13.0. The van der Waals surface area contributed by atoms with Gasteiger partial charge in [0, 0.05) is 50.9 Å². The molecule has 1 atom stereocenters. The molecule has 0 aromatic heterocycles. The standard InChI is InChI=1S/C22H30N4O6S/c1-16-4-7-23(8-5-16)19-3-2-17(14-20(19)26(29)30)21(27)24-9-11-25(12-10-24)22(28)18-6-13-33(31,32)15-18/h2-3,14,16,18H,4-13,15H2,1H3. The number of nitro groups is 1. The summed E-state index contributed by atoms with van der Waals surface area (Å²) in [4.78, 5) is 42.2. The van der Waals surface area contributed by atoms with E-state index < -0.39 is 20.7 Å². The average molecular weight is 479 g/mol. The molecule has 0 spiro atoms. The predicted octanol–water partition coefficient (Wildman–Crippen LogP) is 1.55. The highest BCUT2D eigenvalue weighted by atomic mass is 32.2. The summed E-state index contributed by atoms with van der Waals surface area (Å²) >= 11 is 0. The number of anilines is 1.